The Morgan fingerprint density at radius 3 is 2.58 bits per heavy atom. The summed E-state index contributed by atoms with van der Waals surface area (Å²) in [5.74, 6) is -4.75. The molecule has 1 aromatic carbocycles. The van der Waals surface area contributed by atoms with E-state index in [1.165, 1.54) is 5.56 Å². The molecule has 1 N–H and O–H groups in total. The van der Waals surface area contributed by atoms with Gasteiger partial charge in [0.1, 0.15) is 6.10 Å². The van der Waals surface area contributed by atoms with Crippen molar-refractivity contribution >= 4 is 5.97 Å². The Morgan fingerprint density at radius 2 is 2.05 bits per heavy atom. The van der Waals surface area contributed by atoms with E-state index in [4.69, 9.17) is 0 Å². The lowest BCUT2D eigenvalue weighted by Crippen LogP contribution is -2.29. The van der Waals surface area contributed by atoms with Crippen LogP contribution < -0.4 is 5.32 Å². The van der Waals surface area contributed by atoms with Gasteiger partial charge in [-0.1, -0.05) is 29.8 Å². The second kappa shape index (κ2) is 5.25. The van der Waals surface area contributed by atoms with Crippen LogP contribution in [0.1, 0.15) is 30.5 Å². The number of hydrogen-bond acceptors (Lipinski definition) is 3. The molecule has 1 heterocycles. The highest BCUT2D eigenvalue weighted by atomic mass is 19.3. The summed E-state index contributed by atoms with van der Waals surface area (Å²) in [4.78, 5) is 10.9. The summed E-state index contributed by atoms with van der Waals surface area (Å²) in [6.07, 6.45) is -1.30. The second-order valence-corrected chi connectivity index (χ2v) is 4.98. The van der Waals surface area contributed by atoms with Gasteiger partial charge in [0.25, 0.3) is 0 Å². The summed E-state index contributed by atoms with van der Waals surface area (Å²) >= 11 is 0. The van der Waals surface area contributed by atoms with Gasteiger partial charge >= 0.3 is 11.9 Å². The summed E-state index contributed by atoms with van der Waals surface area (Å²) in [6.45, 7) is 4.18. The van der Waals surface area contributed by atoms with Crippen LogP contribution in [0.4, 0.5) is 8.78 Å². The fourth-order valence-corrected chi connectivity index (χ4v) is 2.04. The van der Waals surface area contributed by atoms with Gasteiger partial charge in [-0.2, -0.15) is 8.78 Å². The molecule has 1 aliphatic rings. The molecule has 0 aromatic heterocycles. The predicted octanol–water partition coefficient (Wildman–Crippen LogP) is 2.60. The van der Waals surface area contributed by atoms with Crippen molar-refractivity contribution in [3.8, 4) is 0 Å². The fourth-order valence-electron chi connectivity index (χ4n) is 2.04. The van der Waals surface area contributed by atoms with Crippen LogP contribution in [0.5, 0.6) is 0 Å². The number of benzene rings is 1. The van der Waals surface area contributed by atoms with Crippen molar-refractivity contribution in [3.05, 3.63) is 35.4 Å². The maximum Gasteiger partial charge on any atom is 0.377 e. The lowest BCUT2D eigenvalue weighted by Gasteiger charge is -2.17. The highest BCUT2D eigenvalue weighted by molar-refractivity contribution is 5.79. The van der Waals surface area contributed by atoms with E-state index in [9.17, 15) is 13.6 Å². The van der Waals surface area contributed by atoms with Crippen molar-refractivity contribution in [2.75, 3.05) is 6.54 Å². The van der Waals surface area contributed by atoms with Gasteiger partial charge in [0.2, 0.25) is 0 Å². The lowest BCUT2D eigenvalue weighted by molar-refractivity contribution is -0.159. The number of alkyl halides is 2. The quantitative estimate of drug-likeness (QED) is 0.854. The molecule has 1 unspecified atom stereocenters. The Hall–Kier alpha value is -1.49. The normalized spacial score (nSPS) is 23.2. The second-order valence-electron chi connectivity index (χ2n) is 4.98. The minimum absolute atomic E-state index is 0.0218. The zero-order chi connectivity index (χ0) is 14.0. The number of carbonyl (C=O) groups excluding carboxylic acids is 1. The molecule has 104 valence electrons. The van der Waals surface area contributed by atoms with Gasteiger partial charge in [-0.25, -0.2) is 4.79 Å². The Bertz CT molecular complexity index is 459. The van der Waals surface area contributed by atoms with Crippen molar-refractivity contribution in [2.24, 2.45) is 0 Å². The average molecular weight is 269 g/mol. The van der Waals surface area contributed by atoms with E-state index in [-0.39, 0.29) is 12.6 Å². The first-order chi connectivity index (χ1) is 8.88. The number of halogens is 2. The molecule has 0 bridgehead atoms. The van der Waals surface area contributed by atoms with Gasteiger partial charge in [0.05, 0.1) is 6.42 Å². The van der Waals surface area contributed by atoms with Crippen LogP contribution >= 0.6 is 0 Å². The molecule has 1 aliphatic heterocycles. The molecule has 0 spiro atoms. The fraction of sp³-hybridized carbons (Fsp3) is 0.500. The van der Waals surface area contributed by atoms with Crippen LogP contribution in [-0.2, 0) is 9.53 Å². The first kappa shape index (κ1) is 13.9. The van der Waals surface area contributed by atoms with Crippen molar-refractivity contribution in [2.45, 2.75) is 38.3 Å². The van der Waals surface area contributed by atoms with Crippen molar-refractivity contribution in [1.29, 1.82) is 0 Å². The van der Waals surface area contributed by atoms with E-state index >= 15 is 0 Å². The molecule has 5 heteroatoms. The smallest absolute Gasteiger partial charge is 0.377 e. The highest BCUT2D eigenvalue weighted by Crippen LogP contribution is 2.30. The number of esters is 1. The van der Waals surface area contributed by atoms with E-state index in [0.717, 1.165) is 5.56 Å². The molecule has 2 rings (SSSR count). The zero-order valence-electron chi connectivity index (χ0n) is 11.0. The van der Waals surface area contributed by atoms with Crippen molar-refractivity contribution < 1.29 is 18.3 Å². The highest BCUT2D eigenvalue weighted by Gasteiger charge is 2.50. The van der Waals surface area contributed by atoms with Gasteiger partial charge in [-0.3, -0.25) is 0 Å². The predicted molar refractivity (Wildman–Crippen MR) is 67.0 cm³/mol. The molecule has 1 saturated heterocycles. The molecule has 1 aromatic rings. The van der Waals surface area contributed by atoms with E-state index in [2.05, 4.69) is 10.1 Å². The third-order valence-electron chi connectivity index (χ3n) is 3.29. The standard InChI is InChI=1S/C14H17F2NO2/c1-9-3-5-11(6-4-9)10(2)17-8-12-7-14(15,16)13(18)19-12/h3-6,10,12,17H,7-8H2,1-2H3/t10-,12?/m1/s1. The van der Waals surface area contributed by atoms with Gasteiger partial charge in [-0.05, 0) is 19.4 Å². The number of ether oxygens (including phenoxy) is 1. The summed E-state index contributed by atoms with van der Waals surface area (Å²) in [7, 11) is 0. The minimum atomic E-state index is -3.33. The monoisotopic (exact) mass is 269 g/mol. The van der Waals surface area contributed by atoms with E-state index in [1.54, 1.807) is 0 Å². The summed E-state index contributed by atoms with van der Waals surface area (Å²) in [5, 5.41) is 3.11. The molecule has 0 radical (unpaired) electrons. The molecule has 2 atom stereocenters. The molecular weight excluding hydrogens is 252 g/mol. The largest absolute Gasteiger partial charge is 0.456 e. The molecule has 1 fully saturated rings. The maximum absolute atomic E-state index is 13.0. The average Bonchev–Trinajstić information content (AvgIpc) is 2.61. The van der Waals surface area contributed by atoms with Gasteiger partial charge in [0, 0.05) is 12.6 Å². The van der Waals surface area contributed by atoms with E-state index in [1.807, 2.05) is 38.1 Å². The lowest BCUT2D eigenvalue weighted by atomic mass is 10.1. The third kappa shape index (κ3) is 3.29. The number of rotatable bonds is 4. The summed E-state index contributed by atoms with van der Waals surface area (Å²) in [5.41, 5.74) is 2.24. The Morgan fingerprint density at radius 1 is 1.42 bits per heavy atom. The van der Waals surface area contributed by atoms with Crippen LogP contribution in [0.25, 0.3) is 0 Å². The Labute approximate surface area is 111 Å². The summed E-state index contributed by atoms with van der Waals surface area (Å²) in [6, 6.07) is 7.99. The van der Waals surface area contributed by atoms with Gasteiger partial charge < -0.3 is 10.1 Å². The van der Waals surface area contributed by atoms with Crippen molar-refractivity contribution in [3.63, 3.8) is 0 Å². The molecule has 19 heavy (non-hydrogen) atoms. The van der Waals surface area contributed by atoms with Crippen LogP contribution in [0, 0.1) is 6.92 Å². The van der Waals surface area contributed by atoms with E-state index < -0.39 is 24.4 Å². The molecule has 0 aliphatic carbocycles. The topological polar surface area (TPSA) is 38.3 Å². The van der Waals surface area contributed by atoms with Gasteiger partial charge in [-0.15, -0.1) is 0 Å². The molecule has 0 amide bonds. The van der Waals surface area contributed by atoms with Crippen LogP contribution in [0.3, 0.4) is 0 Å². The van der Waals surface area contributed by atoms with Gasteiger partial charge in [0.15, 0.2) is 0 Å². The maximum atomic E-state index is 13.0. The molecule has 0 saturated carbocycles. The Kier molecular flexibility index (Phi) is 3.85. The first-order valence-electron chi connectivity index (χ1n) is 6.27. The molecule has 3 nitrogen and oxygen atoms in total. The number of hydrogen-bond donors (Lipinski definition) is 1. The first-order valence-corrected chi connectivity index (χ1v) is 6.27. The van der Waals surface area contributed by atoms with Crippen LogP contribution in [0.2, 0.25) is 0 Å². The third-order valence-corrected chi connectivity index (χ3v) is 3.29. The van der Waals surface area contributed by atoms with Crippen LogP contribution in [-0.4, -0.2) is 24.5 Å². The number of nitrogens with one attached hydrogen (secondary N) is 1. The minimum Gasteiger partial charge on any atom is -0.456 e. The number of cyclic esters (lactones) is 1. The van der Waals surface area contributed by atoms with Crippen LogP contribution in [0.15, 0.2) is 24.3 Å². The van der Waals surface area contributed by atoms with E-state index in [0.29, 0.717) is 0 Å². The number of carbonyl (C=O) groups is 1. The van der Waals surface area contributed by atoms with Crippen molar-refractivity contribution in [1.82, 2.24) is 5.32 Å². The number of aryl methyl sites for hydroxylation is 1. The SMILES string of the molecule is Cc1ccc([C@@H](C)NCC2CC(F)(F)C(=O)O2)cc1. The molecular formula is C14H17F2NO2. The summed E-state index contributed by atoms with van der Waals surface area (Å²) < 4.78 is 30.6. The Balaban J connectivity index is 1.86. The zero-order valence-corrected chi connectivity index (χ0v) is 11.0.